The summed E-state index contributed by atoms with van der Waals surface area (Å²) in [6.45, 7) is 2.27. The number of carbonyl (C=O) groups is 2. The summed E-state index contributed by atoms with van der Waals surface area (Å²) < 4.78 is 31.2. The number of fused-ring (bicyclic) bond motifs is 1. The van der Waals surface area contributed by atoms with Gasteiger partial charge in [-0.25, -0.2) is 4.98 Å². The van der Waals surface area contributed by atoms with Crippen LogP contribution in [-0.4, -0.2) is 78.1 Å². The van der Waals surface area contributed by atoms with Gasteiger partial charge in [0.25, 0.3) is 11.8 Å². The Morgan fingerprint density at radius 3 is 2.05 bits per heavy atom. The molecule has 14 heteroatoms. The van der Waals surface area contributed by atoms with Gasteiger partial charge in [0.1, 0.15) is 0 Å². The molecule has 0 radical (unpaired) electrons. The Labute approximate surface area is 348 Å². The number of methoxy groups -OCH3 is 5. The average Bonchev–Trinajstić information content (AvgIpc) is 3.95. The number of aromatic nitrogens is 4. The van der Waals surface area contributed by atoms with Gasteiger partial charge in [0.15, 0.2) is 23.0 Å². The number of nitrogens with one attached hydrogen (secondary N) is 2. The molecular weight excluding hydrogens is 763 g/mol. The van der Waals surface area contributed by atoms with Crippen LogP contribution in [0.1, 0.15) is 37.4 Å². The van der Waals surface area contributed by atoms with E-state index in [2.05, 4.69) is 68.1 Å². The molecule has 0 bridgehead atoms. The maximum absolute atomic E-state index is 13.9. The Hall–Kier alpha value is -7.32. The minimum absolute atomic E-state index is 0.162. The molecule has 5 aromatic carbocycles. The summed E-state index contributed by atoms with van der Waals surface area (Å²) in [6.07, 6.45) is 8.20. The van der Waals surface area contributed by atoms with Gasteiger partial charge < -0.3 is 38.9 Å². The molecule has 2 heterocycles. The number of nitrogens with zero attached hydrogens (tertiary/aromatic N) is 5. The van der Waals surface area contributed by atoms with Crippen LogP contribution < -0.4 is 34.3 Å². The number of anilines is 2. The largest absolute Gasteiger partial charge is 0.493 e. The van der Waals surface area contributed by atoms with Crippen LogP contribution in [0.3, 0.4) is 0 Å². The lowest BCUT2D eigenvalue weighted by Crippen LogP contribution is -2.25. The van der Waals surface area contributed by atoms with E-state index >= 15 is 0 Å². The molecule has 0 unspecified atom stereocenters. The Morgan fingerprint density at radius 1 is 0.700 bits per heavy atom. The highest BCUT2D eigenvalue weighted by Gasteiger charge is 2.22. The topological polar surface area (TPSA) is 143 Å². The molecule has 0 saturated heterocycles. The first-order chi connectivity index (χ1) is 29.2. The van der Waals surface area contributed by atoms with E-state index in [0.717, 1.165) is 48.2 Å². The number of aryl methyl sites for hydroxylation is 1. The van der Waals surface area contributed by atoms with E-state index < -0.39 is 11.8 Å². The fourth-order valence-electron chi connectivity index (χ4n) is 7.09. The lowest BCUT2D eigenvalue weighted by Gasteiger charge is -2.23. The van der Waals surface area contributed by atoms with Crippen LogP contribution in [0.2, 0.25) is 0 Å². The number of benzene rings is 5. The second kappa shape index (κ2) is 18.5. The van der Waals surface area contributed by atoms with E-state index in [1.165, 1.54) is 64.9 Å². The summed E-state index contributed by atoms with van der Waals surface area (Å²) >= 11 is 0. The van der Waals surface area contributed by atoms with Gasteiger partial charge in [0.2, 0.25) is 5.75 Å². The highest BCUT2D eigenvalue weighted by atomic mass is 16.5. The lowest BCUT2D eigenvalue weighted by molar-refractivity contribution is 0.102. The van der Waals surface area contributed by atoms with Gasteiger partial charge in [0.05, 0.1) is 64.8 Å². The van der Waals surface area contributed by atoms with Gasteiger partial charge in [-0.3, -0.25) is 19.2 Å². The molecule has 2 amide bonds. The van der Waals surface area contributed by atoms with Crippen molar-refractivity contribution in [3.05, 3.63) is 144 Å². The molecule has 0 fully saturated rings. The van der Waals surface area contributed by atoms with Crippen LogP contribution in [0.5, 0.6) is 28.7 Å². The summed E-state index contributed by atoms with van der Waals surface area (Å²) in [5, 5.41) is 11.4. The molecule has 60 heavy (non-hydrogen) atoms. The van der Waals surface area contributed by atoms with Crippen LogP contribution in [0.4, 0.5) is 11.4 Å². The molecule has 0 spiro atoms. The highest BCUT2D eigenvalue weighted by molar-refractivity contribution is 6.13. The van der Waals surface area contributed by atoms with Crippen molar-refractivity contribution in [2.75, 3.05) is 52.7 Å². The monoisotopic (exact) mass is 809 g/mol. The predicted molar refractivity (Wildman–Crippen MR) is 230 cm³/mol. The van der Waals surface area contributed by atoms with E-state index in [-0.39, 0.29) is 16.8 Å². The standard InChI is InChI=1S/C46H47N7O7/c1-51-39-15-12-32(20-34(39)26-48-51)28-52(27-31-8-7-9-36(21-31)53-19-17-47-29-53)18-16-30-10-13-35(14-11-30)49-46(55)37-24-40(56-2)41(57-3)25-38(37)50-45(54)33-22-42(58-4)44(60-6)43(23-33)59-5/h7-15,17,19-26,29H,16,18,27-28H2,1-6H3,(H,49,55)(H,50,54). The summed E-state index contributed by atoms with van der Waals surface area (Å²) in [5.41, 5.74) is 6.82. The minimum Gasteiger partial charge on any atom is -0.493 e. The summed E-state index contributed by atoms with van der Waals surface area (Å²) in [5.74, 6) is 0.636. The summed E-state index contributed by atoms with van der Waals surface area (Å²) in [4.78, 5) is 34.2. The van der Waals surface area contributed by atoms with Crippen LogP contribution >= 0.6 is 0 Å². The number of rotatable bonds is 17. The molecule has 0 aliphatic heterocycles. The first-order valence-electron chi connectivity index (χ1n) is 19.2. The third kappa shape index (κ3) is 9.19. The number of imidazole rings is 1. The Morgan fingerprint density at radius 2 is 1.38 bits per heavy atom. The maximum Gasteiger partial charge on any atom is 0.257 e. The van der Waals surface area contributed by atoms with E-state index in [9.17, 15) is 9.59 Å². The average molecular weight is 810 g/mol. The van der Waals surface area contributed by atoms with E-state index in [1.807, 2.05) is 53.0 Å². The van der Waals surface area contributed by atoms with Crippen molar-refractivity contribution in [1.82, 2.24) is 24.2 Å². The van der Waals surface area contributed by atoms with Gasteiger partial charge in [-0.15, -0.1) is 0 Å². The molecule has 308 valence electrons. The number of carbonyl (C=O) groups excluding carboxylic acids is 2. The van der Waals surface area contributed by atoms with Gasteiger partial charge in [-0.2, -0.15) is 5.10 Å². The fourth-order valence-corrected chi connectivity index (χ4v) is 7.09. The SMILES string of the molecule is COc1cc(NC(=O)c2cc(OC)c(OC)c(OC)c2)c(C(=O)Nc2ccc(CCN(Cc3cccc(-n4ccnc4)c3)Cc3ccc4c(cnn4C)c3)cc2)cc1OC. The van der Waals surface area contributed by atoms with E-state index in [1.54, 1.807) is 18.6 Å². The fraction of sp³-hybridized carbons (Fsp3) is 0.217. The molecule has 2 aromatic heterocycles. The molecule has 2 N–H and O–H groups in total. The van der Waals surface area contributed by atoms with Crippen molar-refractivity contribution in [2.24, 2.45) is 7.05 Å². The summed E-state index contributed by atoms with van der Waals surface area (Å²) in [6, 6.07) is 28.9. The van der Waals surface area contributed by atoms with Crippen LogP contribution in [0, 0.1) is 0 Å². The van der Waals surface area contributed by atoms with Crippen molar-refractivity contribution in [3.63, 3.8) is 0 Å². The second-order valence-corrected chi connectivity index (χ2v) is 14.0. The Balaban J connectivity index is 1.07. The number of hydrogen-bond donors (Lipinski definition) is 2. The molecule has 0 aliphatic carbocycles. The molecular formula is C46H47N7O7. The van der Waals surface area contributed by atoms with Gasteiger partial charge >= 0.3 is 0 Å². The third-order valence-corrected chi connectivity index (χ3v) is 10.2. The van der Waals surface area contributed by atoms with Crippen molar-refractivity contribution in [1.29, 1.82) is 0 Å². The Bertz CT molecular complexity index is 2580. The zero-order valence-electron chi connectivity index (χ0n) is 34.4. The van der Waals surface area contributed by atoms with Crippen LogP contribution in [-0.2, 0) is 26.6 Å². The van der Waals surface area contributed by atoms with Gasteiger partial charge in [-0.05, 0) is 77.7 Å². The lowest BCUT2D eigenvalue weighted by atomic mass is 10.1. The predicted octanol–water partition coefficient (Wildman–Crippen LogP) is 7.55. The van der Waals surface area contributed by atoms with Crippen LogP contribution in [0.25, 0.3) is 16.6 Å². The van der Waals surface area contributed by atoms with Crippen LogP contribution in [0.15, 0.2) is 116 Å². The zero-order chi connectivity index (χ0) is 42.2. The first kappa shape index (κ1) is 40.9. The Kier molecular flexibility index (Phi) is 12.6. The quantitative estimate of drug-likeness (QED) is 0.0947. The number of ether oxygens (including phenoxy) is 5. The molecule has 7 rings (SSSR count). The van der Waals surface area contributed by atoms with Crippen molar-refractivity contribution in [2.45, 2.75) is 19.5 Å². The molecule has 14 nitrogen and oxygen atoms in total. The van der Waals surface area contributed by atoms with E-state index in [4.69, 9.17) is 23.7 Å². The zero-order valence-corrected chi connectivity index (χ0v) is 34.4. The van der Waals surface area contributed by atoms with E-state index in [0.29, 0.717) is 34.4 Å². The van der Waals surface area contributed by atoms with Gasteiger partial charge in [-0.1, -0.05) is 30.3 Å². The normalized spacial score (nSPS) is 11.1. The highest BCUT2D eigenvalue weighted by Crippen LogP contribution is 2.39. The second-order valence-electron chi connectivity index (χ2n) is 14.0. The first-order valence-corrected chi connectivity index (χ1v) is 19.2. The van der Waals surface area contributed by atoms with Crippen molar-refractivity contribution >= 4 is 34.1 Å². The smallest absolute Gasteiger partial charge is 0.257 e. The molecule has 0 saturated carbocycles. The maximum atomic E-state index is 13.9. The molecule has 7 aromatic rings. The molecule has 0 atom stereocenters. The number of hydrogen-bond acceptors (Lipinski definition) is 10. The van der Waals surface area contributed by atoms with Crippen molar-refractivity contribution in [3.8, 4) is 34.4 Å². The third-order valence-electron chi connectivity index (χ3n) is 10.2. The van der Waals surface area contributed by atoms with Crippen molar-refractivity contribution < 1.29 is 33.3 Å². The molecule has 0 aliphatic rings. The summed E-state index contributed by atoms with van der Waals surface area (Å²) in [7, 11) is 9.32. The minimum atomic E-state index is -0.516. The number of amides is 2. The van der Waals surface area contributed by atoms with Gasteiger partial charge in [0, 0.05) is 67.5 Å².